The minimum atomic E-state index is -4.53. The maximum absolute atomic E-state index is 12.8. The van der Waals surface area contributed by atoms with Gasteiger partial charge in [0.15, 0.2) is 0 Å². The summed E-state index contributed by atoms with van der Waals surface area (Å²) in [7, 11) is 0. The zero-order valence-electron chi connectivity index (χ0n) is 11.2. The number of aryl methyl sites for hydroxylation is 1. The number of alkyl halides is 3. The first kappa shape index (κ1) is 15.4. The van der Waals surface area contributed by atoms with E-state index >= 15 is 0 Å². The molecule has 0 radical (unpaired) electrons. The molecule has 8 heteroatoms. The van der Waals surface area contributed by atoms with Gasteiger partial charge in [-0.2, -0.15) is 13.2 Å². The molecule has 2 aromatic heterocycles. The molecule has 0 saturated carbocycles. The summed E-state index contributed by atoms with van der Waals surface area (Å²) in [4.78, 5) is 7.80. The third-order valence-corrected chi connectivity index (χ3v) is 3.07. The van der Waals surface area contributed by atoms with Crippen LogP contribution in [0.4, 0.5) is 13.2 Å². The van der Waals surface area contributed by atoms with Gasteiger partial charge in [-0.3, -0.25) is 4.57 Å². The van der Waals surface area contributed by atoms with Crippen molar-refractivity contribution in [2.75, 3.05) is 0 Å². The number of hydrogen-bond donors (Lipinski definition) is 1. The highest BCUT2D eigenvalue weighted by Gasteiger charge is 2.33. The molecule has 4 nitrogen and oxygen atoms in total. The highest BCUT2D eigenvalue weighted by molar-refractivity contribution is 7.80. The molecule has 0 amide bonds. The van der Waals surface area contributed by atoms with Crippen molar-refractivity contribution in [3.05, 3.63) is 41.6 Å². The summed E-state index contributed by atoms with van der Waals surface area (Å²) in [6.07, 6.45) is -0.0549. The first-order chi connectivity index (χ1) is 9.84. The Labute approximate surface area is 124 Å². The van der Waals surface area contributed by atoms with E-state index in [1.807, 2.05) is 6.92 Å². The molecule has 2 aromatic rings. The van der Waals surface area contributed by atoms with Crippen LogP contribution in [0.25, 0.3) is 5.82 Å². The summed E-state index contributed by atoms with van der Waals surface area (Å²) < 4.78 is 40.0. The van der Waals surface area contributed by atoms with E-state index in [0.29, 0.717) is 12.2 Å². The molecule has 0 saturated heterocycles. The van der Waals surface area contributed by atoms with E-state index in [9.17, 15) is 13.2 Å². The second kappa shape index (κ2) is 5.80. The third-order valence-electron chi connectivity index (χ3n) is 2.85. The molecule has 0 aliphatic heterocycles. The summed E-state index contributed by atoms with van der Waals surface area (Å²) in [5.41, 5.74) is 4.87. The molecule has 2 N–H and O–H groups in total. The molecule has 0 aromatic carbocycles. The number of pyridine rings is 1. The highest BCUT2D eigenvalue weighted by Crippen LogP contribution is 2.29. The smallest absolute Gasteiger partial charge is 0.389 e. The third kappa shape index (κ3) is 3.21. The van der Waals surface area contributed by atoms with Gasteiger partial charge in [0, 0.05) is 18.8 Å². The quantitative estimate of drug-likeness (QED) is 0.882. The van der Waals surface area contributed by atoms with Crippen molar-refractivity contribution in [3.63, 3.8) is 0 Å². The molecule has 0 unspecified atom stereocenters. The van der Waals surface area contributed by atoms with E-state index in [4.69, 9.17) is 18.0 Å². The van der Waals surface area contributed by atoms with Crippen molar-refractivity contribution in [1.29, 1.82) is 0 Å². The van der Waals surface area contributed by atoms with Crippen LogP contribution in [0, 0.1) is 0 Å². The number of nitrogens with zero attached hydrogens (tertiary/aromatic N) is 3. The van der Waals surface area contributed by atoms with Crippen LogP contribution in [0.1, 0.15) is 30.4 Å². The highest BCUT2D eigenvalue weighted by atomic mass is 32.1. The Kier molecular flexibility index (Phi) is 4.26. The van der Waals surface area contributed by atoms with Crippen LogP contribution in [-0.4, -0.2) is 19.5 Å². The molecule has 0 atom stereocenters. The molecule has 112 valence electrons. The van der Waals surface area contributed by atoms with Gasteiger partial charge in [-0.1, -0.05) is 19.1 Å². The van der Waals surface area contributed by atoms with Crippen molar-refractivity contribution in [2.45, 2.75) is 25.9 Å². The number of hydrogen-bond acceptors (Lipinski definition) is 3. The Morgan fingerprint density at radius 1 is 1.38 bits per heavy atom. The predicted octanol–water partition coefficient (Wildman–Crippen LogP) is 2.87. The summed E-state index contributed by atoms with van der Waals surface area (Å²) in [5, 5.41) is 0. The Morgan fingerprint density at radius 3 is 2.67 bits per heavy atom. The Bertz CT molecular complexity index is 664. The molecule has 0 bridgehead atoms. The standard InChI is InChI=1S/C13H13F3N4S/c1-2-3-10-18-6-7-20(10)12-8(11(17)21)4-5-9(19-12)13(14,15)16/h4-7H,2-3H2,1H3,(H2,17,21). The van der Waals surface area contributed by atoms with Gasteiger partial charge in [-0.25, -0.2) is 9.97 Å². The first-order valence-electron chi connectivity index (χ1n) is 6.25. The Balaban J connectivity index is 2.63. The van der Waals surface area contributed by atoms with E-state index < -0.39 is 11.9 Å². The topological polar surface area (TPSA) is 56.7 Å². The van der Waals surface area contributed by atoms with E-state index in [1.165, 1.54) is 16.8 Å². The van der Waals surface area contributed by atoms with Gasteiger partial charge in [0.2, 0.25) is 0 Å². The minimum absolute atomic E-state index is 0.0117. The average molecular weight is 314 g/mol. The van der Waals surface area contributed by atoms with Crippen LogP contribution in [0.5, 0.6) is 0 Å². The van der Waals surface area contributed by atoms with Gasteiger partial charge in [-0.15, -0.1) is 0 Å². The molecular weight excluding hydrogens is 301 g/mol. The van der Waals surface area contributed by atoms with Crippen molar-refractivity contribution in [1.82, 2.24) is 14.5 Å². The van der Waals surface area contributed by atoms with Gasteiger partial charge >= 0.3 is 6.18 Å². The predicted molar refractivity (Wildman–Crippen MR) is 76.2 cm³/mol. The molecule has 0 spiro atoms. The van der Waals surface area contributed by atoms with Crippen LogP contribution in [-0.2, 0) is 12.6 Å². The SMILES string of the molecule is CCCc1nccn1-c1nc(C(F)(F)F)ccc1C(N)=S. The largest absolute Gasteiger partial charge is 0.433 e. The van der Waals surface area contributed by atoms with Gasteiger partial charge in [0.05, 0.1) is 5.56 Å². The Morgan fingerprint density at radius 2 is 2.10 bits per heavy atom. The number of imidazole rings is 1. The summed E-state index contributed by atoms with van der Waals surface area (Å²) in [6, 6.07) is 2.11. The number of halogens is 3. The molecule has 2 heterocycles. The Hall–Kier alpha value is -1.96. The first-order valence-corrected chi connectivity index (χ1v) is 6.66. The van der Waals surface area contributed by atoms with Gasteiger partial charge in [0.25, 0.3) is 0 Å². The maximum Gasteiger partial charge on any atom is 0.433 e. The molecule has 21 heavy (non-hydrogen) atoms. The van der Waals surface area contributed by atoms with E-state index in [2.05, 4.69) is 9.97 Å². The summed E-state index contributed by atoms with van der Waals surface area (Å²) >= 11 is 4.89. The lowest BCUT2D eigenvalue weighted by Gasteiger charge is -2.14. The molecule has 2 rings (SSSR count). The van der Waals surface area contributed by atoms with Gasteiger partial charge < -0.3 is 5.73 Å². The summed E-state index contributed by atoms with van der Waals surface area (Å²) in [6.45, 7) is 1.95. The van der Waals surface area contributed by atoms with Crippen LogP contribution < -0.4 is 5.73 Å². The van der Waals surface area contributed by atoms with Crippen molar-refractivity contribution < 1.29 is 13.2 Å². The second-order valence-corrected chi connectivity index (χ2v) is 4.83. The molecule has 0 fully saturated rings. The molecule has 0 aliphatic carbocycles. The van der Waals surface area contributed by atoms with Crippen LogP contribution in [0.3, 0.4) is 0 Å². The number of nitrogens with two attached hydrogens (primary N) is 1. The van der Waals surface area contributed by atoms with Gasteiger partial charge in [0.1, 0.15) is 22.3 Å². The van der Waals surface area contributed by atoms with Crippen LogP contribution >= 0.6 is 12.2 Å². The number of rotatable bonds is 4. The van der Waals surface area contributed by atoms with Crippen LogP contribution in [0.2, 0.25) is 0 Å². The lowest BCUT2D eigenvalue weighted by Crippen LogP contribution is -2.18. The molecule has 0 aliphatic rings. The maximum atomic E-state index is 12.8. The van der Waals surface area contributed by atoms with Crippen LogP contribution in [0.15, 0.2) is 24.5 Å². The van der Waals surface area contributed by atoms with E-state index in [1.54, 1.807) is 6.20 Å². The lowest BCUT2D eigenvalue weighted by atomic mass is 10.2. The van der Waals surface area contributed by atoms with E-state index in [-0.39, 0.29) is 16.4 Å². The van der Waals surface area contributed by atoms with Crippen molar-refractivity contribution in [3.8, 4) is 5.82 Å². The number of aromatic nitrogens is 3. The normalized spacial score (nSPS) is 11.6. The average Bonchev–Trinajstić information content (AvgIpc) is 2.85. The van der Waals surface area contributed by atoms with E-state index in [0.717, 1.165) is 12.5 Å². The van der Waals surface area contributed by atoms with Gasteiger partial charge in [-0.05, 0) is 18.6 Å². The monoisotopic (exact) mass is 314 g/mol. The minimum Gasteiger partial charge on any atom is -0.389 e. The zero-order chi connectivity index (χ0) is 15.6. The second-order valence-electron chi connectivity index (χ2n) is 4.39. The fourth-order valence-electron chi connectivity index (χ4n) is 1.92. The lowest BCUT2D eigenvalue weighted by molar-refractivity contribution is -0.141. The zero-order valence-corrected chi connectivity index (χ0v) is 12.0. The fraction of sp³-hybridized carbons (Fsp3) is 0.308. The van der Waals surface area contributed by atoms with Crippen molar-refractivity contribution in [2.24, 2.45) is 5.73 Å². The summed E-state index contributed by atoms with van der Waals surface area (Å²) in [5.74, 6) is 0.667. The fourth-order valence-corrected chi connectivity index (χ4v) is 2.08. The van der Waals surface area contributed by atoms with Crippen molar-refractivity contribution >= 4 is 17.2 Å². The number of thiocarbonyl (C=S) groups is 1. The molecular formula is C13H13F3N4S.